The number of amides is 1. The number of halogens is 5. The molecular weight excluding hydrogens is 764 g/mol. The standard InChI is InChI=1S/C12H14ClNO2.C11H10Cl2F2N4O3S.C3H8NO5P/c1-12(2)8-16-14(11(12)15)7-9-5-3-4-6-10(9)13;1-5-16-19(11(20)18(5)10(14)15)9-4-8(17-23(2,21)22)6(12)3-7(9)13;5-3(6)1-4-2-10(7,8)9/h3-6H,7-8H2,1-2H3;3-4,10,17H,1-2H3;4H,1-2H2,(H,5,6)(H2,7,8,9). The van der Waals surface area contributed by atoms with Crippen LogP contribution in [0.15, 0.2) is 41.2 Å². The number of aliphatic carboxylic acids is 1. The quantitative estimate of drug-likeness (QED) is 0.185. The summed E-state index contributed by atoms with van der Waals surface area (Å²) in [6, 6.07) is 9.77. The molecule has 4 rings (SSSR count). The van der Waals surface area contributed by atoms with Gasteiger partial charge in [-0.05, 0) is 44.5 Å². The van der Waals surface area contributed by atoms with Crippen LogP contribution in [0.1, 0.15) is 31.8 Å². The van der Waals surface area contributed by atoms with E-state index in [1.807, 2.05) is 38.1 Å². The molecule has 49 heavy (non-hydrogen) atoms. The number of hydroxylamine groups is 2. The van der Waals surface area contributed by atoms with Crippen LogP contribution in [0.2, 0.25) is 15.1 Å². The Morgan fingerprint density at radius 3 is 2.20 bits per heavy atom. The number of anilines is 1. The number of aryl methyl sites for hydroxylation is 1. The predicted molar refractivity (Wildman–Crippen MR) is 177 cm³/mol. The number of carbonyl (C=O) groups excluding carboxylic acids is 1. The van der Waals surface area contributed by atoms with Crippen LogP contribution in [0.3, 0.4) is 0 Å². The van der Waals surface area contributed by atoms with Gasteiger partial charge in [0, 0.05) is 5.02 Å². The van der Waals surface area contributed by atoms with Gasteiger partial charge in [0.2, 0.25) is 10.0 Å². The van der Waals surface area contributed by atoms with E-state index in [2.05, 4.69) is 15.1 Å². The number of hydrogen-bond donors (Lipinski definition) is 5. The SMILES string of the molecule is CC1(C)CON(Cc2ccccc2Cl)C1=O.Cc1nn(-c2cc(NS(C)(=O)=O)c(Cl)cc2Cl)c(=O)n1C(F)F.O=C(O)CNCP(=O)(O)O. The van der Waals surface area contributed by atoms with Crippen LogP contribution in [0.4, 0.5) is 14.5 Å². The molecule has 0 atom stereocenters. The van der Waals surface area contributed by atoms with E-state index < -0.39 is 54.1 Å². The Kier molecular flexibility index (Phi) is 14.8. The van der Waals surface area contributed by atoms with Gasteiger partial charge in [-0.25, -0.2) is 22.8 Å². The molecule has 0 spiro atoms. The van der Waals surface area contributed by atoms with Gasteiger partial charge in [-0.15, -0.1) is 5.10 Å². The Morgan fingerprint density at radius 1 is 1.12 bits per heavy atom. The zero-order valence-corrected chi connectivity index (χ0v) is 30.1. The zero-order valence-electron chi connectivity index (χ0n) is 26.1. The summed E-state index contributed by atoms with van der Waals surface area (Å²) < 4.78 is 61.3. The van der Waals surface area contributed by atoms with Crippen molar-refractivity contribution in [3.63, 3.8) is 0 Å². The maximum atomic E-state index is 12.8. The lowest BCUT2D eigenvalue weighted by Gasteiger charge is -2.16. The average Bonchev–Trinajstić information content (AvgIpc) is 3.39. The number of carboxylic acids is 1. The van der Waals surface area contributed by atoms with Gasteiger partial charge in [-0.1, -0.05) is 53.0 Å². The van der Waals surface area contributed by atoms with Crippen LogP contribution in [-0.2, 0) is 35.6 Å². The molecule has 0 bridgehead atoms. The summed E-state index contributed by atoms with van der Waals surface area (Å²) in [5.41, 5.74) is -0.803. The Labute approximate surface area is 293 Å². The Bertz CT molecular complexity index is 1890. The topological polar surface area (TPSA) is 222 Å². The number of benzene rings is 2. The summed E-state index contributed by atoms with van der Waals surface area (Å²) in [4.78, 5) is 55.4. The van der Waals surface area contributed by atoms with E-state index in [1.165, 1.54) is 18.1 Å². The van der Waals surface area contributed by atoms with Gasteiger partial charge in [-0.3, -0.25) is 29.0 Å². The summed E-state index contributed by atoms with van der Waals surface area (Å²) in [5.74, 6) is -1.37. The fraction of sp³-hybridized carbons (Fsp3) is 0.385. The molecule has 1 aliphatic rings. The minimum atomic E-state index is -4.10. The lowest BCUT2D eigenvalue weighted by molar-refractivity contribution is -0.165. The molecule has 1 aliphatic heterocycles. The Morgan fingerprint density at radius 2 is 1.73 bits per heavy atom. The third-order valence-corrected chi connectivity index (χ3v) is 8.20. The lowest BCUT2D eigenvalue weighted by Crippen LogP contribution is -2.30. The smallest absolute Gasteiger partial charge is 0.355 e. The molecule has 0 radical (unpaired) electrons. The molecule has 1 saturated heterocycles. The first-order valence-corrected chi connectivity index (χ1v) is 18.3. The van der Waals surface area contributed by atoms with Crippen molar-refractivity contribution in [2.75, 3.05) is 30.4 Å². The first kappa shape index (κ1) is 42.0. The number of hydrogen-bond acceptors (Lipinski definition) is 9. The molecule has 0 saturated carbocycles. The third-order valence-electron chi connectivity index (χ3n) is 5.99. The van der Waals surface area contributed by atoms with Crippen molar-refractivity contribution in [2.45, 2.75) is 33.9 Å². The van der Waals surface area contributed by atoms with E-state index >= 15 is 0 Å². The molecule has 1 fully saturated rings. The predicted octanol–water partition coefficient (Wildman–Crippen LogP) is 3.85. The minimum absolute atomic E-state index is 0.00687. The van der Waals surface area contributed by atoms with E-state index in [0.29, 0.717) is 22.9 Å². The number of sulfonamides is 1. The van der Waals surface area contributed by atoms with Crippen molar-refractivity contribution >= 4 is 70.0 Å². The summed E-state index contributed by atoms with van der Waals surface area (Å²) in [6.45, 7) is 2.30. The molecule has 272 valence electrons. The van der Waals surface area contributed by atoms with Crippen molar-refractivity contribution < 1.29 is 51.1 Å². The van der Waals surface area contributed by atoms with Gasteiger partial charge in [0.05, 0.1) is 59.1 Å². The number of nitrogens with one attached hydrogen (secondary N) is 2. The molecular formula is C26H32Cl3F2N6O10PS. The summed E-state index contributed by atoms with van der Waals surface area (Å²) in [6.07, 6.45) is 0.304. The van der Waals surface area contributed by atoms with E-state index in [9.17, 15) is 36.1 Å². The van der Waals surface area contributed by atoms with Crippen LogP contribution >= 0.6 is 42.4 Å². The molecule has 2 aromatic carbocycles. The van der Waals surface area contributed by atoms with E-state index in [0.717, 1.165) is 17.9 Å². The second-order valence-electron chi connectivity index (χ2n) is 10.8. The summed E-state index contributed by atoms with van der Waals surface area (Å²) in [7, 11) is -7.74. The van der Waals surface area contributed by atoms with Crippen molar-refractivity contribution in [1.82, 2.24) is 24.7 Å². The highest BCUT2D eigenvalue weighted by Gasteiger charge is 2.40. The molecule has 1 amide bonds. The van der Waals surface area contributed by atoms with Crippen molar-refractivity contribution in [2.24, 2.45) is 5.41 Å². The zero-order chi connectivity index (χ0) is 37.5. The summed E-state index contributed by atoms with van der Waals surface area (Å²) >= 11 is 17.9. The van der Waals surface area contributed by atoms with Crippen LogP contribution in [0.5, 0.6) is 0 Å². The first-order chi connectivity index (χ1) is 22.4. The highest BCUT2D eigenvalue weighted by Crippen LogP contribution is 2.33. The van der Waals surface area contributed by atoms with Crippen LogP contribution < -0.4 is 15.7 Å². The van der Waals surface area contributed by atoms with E-state index in [-0.39, 0.29) is 37.7 Å². The summed E-state index contributed by atoms with van der Waals surface area (Å²) in [5, 5.41) is 15.7. The van der Waals surface area contributed by atoms with Gasteiger partial charge < -0.3 is 14.9 Å². The Balaban J connectivity index is 0.000000278. The number of carboxylic acid groups (broad SMARTS) is 1. The van der Waals surface area contributed by atoms with Gasteiger partial charge in [0.1, 0.15) is 5.82 Å². The maximum absolute atomic E-state index is 12.8. The Hall–Kier alpha value is -3.13. The van der Waals surface area contributed by atoms with Gasteiger partial charge in [0.15, 0.2) is 0 Å². The van der Waals surface area contributed by atoms with Gasteiger partial charge in [0.25, 0.3) is 5.91 Å². The monoisotopic (exact) mass is 794 g/mol. The van der Waals surface area contributed by atoms with Crippen LogP contribution in [-0.4, -0.2) is 80.3 Å². The molecule has 23 heteroatoms. The van der Waals surface area contributed by atoms with Crippen LogP contribution in [0, 0.1) is 12.3 Å². The number of alkyl halides is 2. The molecule has 0 aliphatic carbocycles. The normalized spacial score (nSPS) is 14.2. The molecule has 2 heterocycles. The van der Waals surface area contributed by atoms with Crippen molar-refractivity contribution in [3.05, 3.63) is 73.3 Å². The fourth-order valence-electron chi connectivity index (χ4n) is 3.74. The highest BCUT2D eigenvalue weighted by molar-refractivity contribution is 7.92. The fourth-order valence-corrected chi connectivity index (χ4v) is 5.47. The van der Waals surface area contributed by atoms with Crippen molar-refractivity contribution in [3.8, 4) is 5.69 Å². The number of aromatic nitrogens is 3. The maximum Gasteiger partial charge on any atom is 0.355 e. The molecule has 0 unspecified atom stereocenters. The van der Waals surface area contributed by atoms with Gasteiger partial charge in [-0.2, -0.15) is 13.5 Å². The second-order valence-corrected chi connectivity index (χ2v) is 15.4. The van der Waals surface area contributed by atoms with Crippen LogP contribution in [0.25, 0.3) is 5.69 Å². The highest BCUT2D eigenvalue weighted by atomic mass is 35.5. The molecule has 5 N–H and O–H groups in total. The lowest BCUT2D eigenvalue weighted by atomic mass is 9.95. The minimum Gasteiger partial charge on any atom is -0.480 e. The molecule has 16 nitrogen and oxygen atoms in total. The molecule has 1 aromatic heterocycles. The van der Waals surface area contributed by atoms with Crippen molar-refractivity contribution in [1.29, 1.82) is 0 Å². The average molecular weight is 796 g/mol. The number of carbonyl (C=O) groups is 2. The number of rotatable bonds is 10. The van der Waals surface area contributed by atoms with E-state index in [4.69, 9.17) is 54.5 Å². The first-order valence-electron chi connectivity index (χ1n) is 13.5. The van der Waals surface area contributed by atoms with Gasteiger partial charge >= 0.3 is 25.8 Å². The second kappa shape index (κ2) is 17.2. The largest absolute Gasteiger partial charge is 0.480 e. The van der Waals surface area contributed by atoms with E-state index in [1.54, 1.807) is 0 Å². The molecule has 3 aromatic rings. The third kappa shape index (κ3) is 12.9. The number of nitrogens with zero attached hydrogens (tertiary/aromatic N) is 4.